The summed E-state index contributed by atoms with van der Waals surface area (Å²) < 4.78 is 27.4. The van der Waals surface area contributed by atoms with E-state index in [-0.39, 0.29) is 9.92 Å². The van der Waals surface area contributed by atoms with E-state index in [2.05, 4.69) is 4.72 Å². The van der Waals surface area contributed by atoms with Gasteiger partial charge in [0.1, 0.15) is 4.90 Å². The fourth-order valence-corrected chi connectivity index (χ4v) is 4.36. The van der Waals surface area contributed by atoms with Gasteiger partial charge in [0.15, 0.2) is 0 Å². The lowest BCUT2D eigenvalue weighted by molar-refractivity contribution is 0.601. The molecule has 21 heavy (non-hydrogen) atoms. The minimum Gasteiger partial charge on any atom is -0.280 e. The van der Waals surface area contributed by atoms with Gasteiger partial charge in [-0.1, -0.05) is 29.3 Å². The Hall–Kier alpha value is -1.23. The minimum atomic E-state index is -3.72. The molecule has 0 aliphatic heterocycles. The van der Waals surface area contributed by atoms with Crippen LogP contribution in [0.5, 0.6) is 0 Å². The molecular formula is C15H13Cl2NO2S. The predicted molar refractivity (Wildman–Crippen MR) is 85.7 cm³/mol. The number of rotatable bonds is 3. The molecule has 1 aliphatic rings. The summed E-state index contributed by atoms with van der Waals surface area (Å²) in [6, 6.07) is 9.98. The molecule has 3 nitrogen and oxygen atoms in total. The third-order valence-corrected chi connectivity index (χ3v) is 5.63. The predicted octanol–water partition coefficient (Wildman–Crippen LogP) is 4.28. The smallest absolute Gasteiger partial charge is 0.263 e. The van der Waals surface area contributed by atoms with Crippen molar-refractivity contribution >= 4 is 38.9 Å². The molecule has 0 saturated carbocycles. The van der Waals surface area contributed by atoms with Crippen LogP contribution in [0.15, 0.2) is 41.3 Å². The summed E-state index contributed by atoms with van der Waals surface area (Å²) in [6.45, 7) is 0. The van der Waals surface area contributed by atoms with Crippen molar-refractivity contribution in [3.8, 4) is 0 Å². The first kappa shape index (κ1) is 14.7. The normalized spacial score (nSPS) is 14.0. The highest BCUT2D eigenvalue weighted by Gasteiger charge is 2.19. The fourth-order valence-electron chi connectivity index (χ4n) is 2.54. The Balaban J connectivity index is 1.92. The average Bonchev–Trinajstić information content (AvgIpc) is 2.85. The zero-order valence-corrected chi connectivity index (χ0v) is 13.4. The van der Waals surface area contributed by atoms with Crippen molar-refractivity contribution < 1.29 is 8.42 Å². The second-order valence-electron chi connectivity index (χ2n) is 5.02. The number of hydrogen-bond donors (Lipinski definition) is 1. The molecule has 0 bridgehead atoms. The van der Waals surface area contributed by atoms with Crippen molar-refractivity contribution in [2.45, 2.75) is 24.2 Å². The lowest BCUT2D eigenvalue weighted by Gasteiger charge is -2.11. The number of hydrogen-bond acceptors (Lipinski definition) is 2. The molecule has 6 heteroatoms. The third kappa shape index (κ3) is 3.03. The maximum absolute atomic E-state index is 12.4. The summed E-state index contributed by atoms with van der Waals surface area (Å²) in [5.41, 5.74) is 3.06. The number of benzene rings is 2. The Kier molecular flexibility index (Phi) is 3.86. The Labute approximate surface area is 133 Å². The lowest BCUT2D eigenvalue weighted by Crippen LogP contribution is -2.13. The van der Waals surface area contributed by atoms with Gasteiger partial charge in [-0.2, -0.15) is 0 Å². The first-order chi connectivity index (χ1) is 9.95. The topological polar surface area (TPSA) is 46.2 Å². The number of halogens is 2. The Morgan fingerprint density at radius 1 is 0.952 bits per heavy atom. The molecule has 2 aromatic rings. The van der Waals surface area contributed by atoms with Gasteiger partial charge in [0.25, 0.3) is 10.0 Å². The van der Waals surface area contributed by atoms with E-state index in [0.29, 0.717) is 10.7 Å². The molecule has 1 aliphatic carbocycles. The monoisotopic (exact) mass is 341 g/mol. The number of fused-ring (bicyclic) bond motifs is 1. The van der Waals surface area contributed by atoms with Crippen molar-refractivity contribution in [1.29, 1.82) is 0 Å². The summed E-state index contributed by atoms with van der Waals surface area (Å²) in [4.78, 5) is 0.0223. The first-order valence-electron chi connectivity index (χ1n) is 6.55. The van der Waals surface area contributed by atoms with E-state index in [9.17, 15) is 8.42 Å². The lowest BCUT2D eigenvalue weighted by atomic mass is 10.1. The van der Waals surface area contributed by atoms with Crippen LogP contribution in [-0.4, -0.2) is 8.42 Å². The summed E-state index contributed by atoms with van der Waals surface area (Å²) in [5, 5.41) is 0.507. The molecule has 0 aromatic heterocycles. The van der Waals surface area contributed by atoms with Crippen LogP contribution in [0, 0.1) is 0 Å². The highest BCUT2D eigenvalue weighted by atomic mass is 35.5. The van der Waals surface area contributed by atoms with Crippen LogP contribution < -0.4 is 4.72 Å². The molecule has 0 atom stereocenters. The zero-order valence-electron chi connectivity index (χ0n) is 11.1. The SMILES string of the molecule is O=S(=O)(Nc1ccc2c(c1)CCC2)c1ccc(Cl)cc1Cl. The summed E-state index contributed by atoms with van der Waals surface area (Å²) in [7, 11) is -3.72. The van der Waals surface area contributed by atoms with Crippen molar-refractivity contribution in [3.63, 3.8) is 0 Å². The molecule has 0 amide bonds. The van der Waals surface area contributed by atoms with Gasteiger partial charge in [-0.3, -0.25) is 4.72 Å². The van der Waals surface area contributed by atoms with Gasteiger partial charge in [-0.15, -0.1) is 0 Å². The van der Waals surface area contributed by atoms with E-state index in [4.69, 9.17) is 23.2 Å². The van der Waals surface area contributed by atoms with E-state index in [1.54, 1.807) is 6.07 Å². The molecular weight excluding hydrogens is 329 g/mol. The van der Waals surface area contributed by atoms with Crippen LogP contribution >= 0.6 is 23.2 Å². The van der Waals surface area contributed by atoms with Crippen LogP contribution in [0.4, 0.5) is 5.69 Å². The molecule has 3 rings (SSSR count). The minimum absolute atomic E-state index is 0.0223. The van der Waals surface area contributed by atoms with E-state index in [0.717, 1.165) is 19.3 Å². The first-order valence-corrected chi connectivity index (χ1v) is 8.79. The summed E-state index contributed by atoms with van der Waals surface area (Å²) in [5.74, 6) is 0. The molecule has 1 N–H and O–H groups in total. The molecule has 0 fully saturated rings. The fraction of sp³-hybridized carbons (Fsp3) is 0.200. The van der Waals surface area contributed by atoms with Crippen LogP contribution in [0.1, 0.15) is 17.5 Å². The van der Waals surface area contributed by atoms with Crippen molar-refractivity contribution in [2.24, 2.45) is 0 Å². The highest BCUT2D eigenvalue weighted by molar-refractivity contribution is 7.92. The van der Waals surface area contributed by atoms with Gasteiger partial charge >= 0.3 is 0 Å². The van der Waals surface area contributed by atoms with Gasteiger partial charge in [-0.25, -0.2) is 8.42 Å². The van der Waals surface area contributed by atoms with Crippen LogP contribution in [0.2, 0.25) is 10.0 Å². The molecule has 110 valence electrons. The maximum atomic E-state index is 12.4. The number of nitrogens with one attached hydrogen (secondary N) is 1. The second-order valence-corrected chi connectivity index (χ2v) is 7.51. The zero-order chi connectivity index (χ0) is 15.0. The molecule has 0 radical (unpaired) electrons. The van der Waals surface area contributed by atoms with Gasteiger partial charge in [-0.05, 0) is 60.7 Å². The Morgan fingerprint density at radius 2 is 1.71 bits per heavy atom. The maximum Gasteiger partial charge on any atom is 0.263 e. The standard InChI is InChI=1S/C15H13Cl2NO2S/c16-12-5-7-15(14(17)9-12)21(19,20)18-13-6-4-10-2-1-3-11(10)8-13/h4-9,18H,1-3H2. The molecule has 0 spiro atoms. The van der Waals surface area contributed by atoms with Gasteiger partial charge in [0.05, 0.1) is 5.02 Å². The van der Waals surface area contributed by atoms with Gasteiger partial charge in [0, 0.05) is 10.7 Å². The summed E-state index contributed by atoms with van der Waals surface area (Å²) >= 11 is 11.8. The van der Waals surface area contributed by atoms with Gasteiger partial charge in [0.2, 0.25) is 0 Å². The average molecular weight is 342 g/mol. The quantitative estimate of drug-likeness (QED) is 0.905. The van der Waals surface area contributed by atoms with Crippen molar-refractivity contribution in [1.82, 2.24) is 0 Å². The molecule has 0 heterocycles. The van der Waals surface area contributed by atoms with E-state index < -0.39 is 10.0 Å². The second kappa shape index (κ2) is 5.52. The number of sulfonamides is 1. The van der Waals surface area contributed by atoms with Crippen molar-refractivity contribution in [2.75, 3.05) is 4.72 Å². The van der Waals surface area contributed by atoms with Gasteiger partial charge < -0.3 is 0 Å². The number of anilines is 1. The highest BCUT2D eigenvalue weighted by Crippen LogP contribution is 2.29. The van der Waals surface area contributed by atoms with E-state index in [1.165, 1.54) is 29.3 Å². The van der Waals surface area contributed by atoms with Crippen LogP contribution in [0.25, 0.3) is 0 Å². The van der Waals surface area contributed by atoms with Crippen molar-refractivity contribution in [3.05, 3.63) is 57.6 Å². The number of aryl methyl sites for hydroxylation is 2. The summed E-state index contributed by atoms with van der Waals surface area (Å²) in [6.07, 6.45) is 3.17. The molecule has 0 saturated heterocycles. The molecule has 2 aromatic carbocycles. The molecule has 0 unspecified atom stereocenters. The Morgan fingerprint density at radius 3 is 2.48 bits per heavy atom. The Bertz CT molecular complexity index is 803. The van der Waals surface area contributed by atoms with Crippen LogP contribution in [-0.2, 0) is 22.9 Å². The van der Waals surface area contributed by atoms with E-state index >= 15 is 0 Å². The largest absolute Gasteiger partial charge is 0.280 e. The third-order valence-electron chi connectivity index (χ3n) is 3.53. The van der Waals surface area contributed by atoms with E-state index in [1.807, 2.05) is 12.1 Å². The van der Waals surface area contributed by atoms with Crippen LogP contribution in [0.3, 0.4) is 0 Å².